The van der Waals surface area contributed by atoms with E-state index in [2.05, 4.69) is 34.0 Å². The van der Waals surface area contributed by atoms with Crippen molar-refractivity contribution in [2.24, 2.45) is 0 Å². The lowest BCUT2D eigenvalue weighted by atomic mass is 10.1. The van der Waals surface area contributed by atoms with E-state index in [1.165, 1.54) is 5.56 Å². The standard InChI is InChI=1S/C12H14BrN3/c1-8-7-12(14)16(15-8)9(2)10-5-3-4-6-11(10)13/h3-7,9H,14H2,1-2H3. The summed E-state index contributed by atoms with van der Waals surface area (Å²) in [5.41, 5.74) is 8.03. The van der Waals surface area contributed by atoms with Gasteiger partial charge in [-0.05, 0) is 25.5 Å². The molecule has 84 valence electrons. The van der Waals surface area contributed by atoms with Crippen LogP contribution in [0.4, 0.5) is 5.82 Å². The van der Waals surface area contributed by atoms with Crippen LogP contribution in [0.15, 0.2) is 34.8 Å². The number of hydrogen-bond acceptors (Lipinski definition) is 2. The Morgan fingerprint density at radius 1 is 1.38 bits per heavy atom. The van der Waals surface area contributed by atoms with Gasteiger partial charge in [-0.25, -0.2) is 4.68 Å². The van der Waals surface area contributed by atoms with Crippen LogP contribution >= 0.6 is 15.9 Å². The molecule has 0 saturated heterocycles. The first-order valence-corrected chi connectivity index (χ1v) is 5.95. The van der Waals surface area contributed by atoms with Crippen LogP contribution in [0.2, 0.25) is 0 Å². The van der Waals surface area contributed by atoms with E-state index in [1.54, 1.807) is 0 Å². The zero-order valence-corrected chi connectivity index (χ0v) is 10.9. The summed E-state index contributed by atoms with van der Waals surface area (Å²) in [6.07, 6.45) is 0. The number of hydrogen-bond donors (Lipinski definition) is 1. The van der Waals surface area contributed by atoms with Crippen LogP contribution in [-0.4, -0.2) is 9.78 Å². The van der Waals surface area contributed by atoms with Crippen molar-refractivity contribution in [3.8, 4) is 0 Å². The van der Waals surface area contributed by atoms with Gasteiger partial charge in [-0.3, -0.25) is 0 Å². The highest BCUT2D eigenvalue weighted by atomic mass is 79.9. The normalized spacial score (nSPS) is 12.7. The molecule has 2 N–H and O–H groups in total. The highest BCUT2D eigenvalue weighted by molar-refractivity contribution is 9.10. The molecule has 1 unspecified atom stereocenters. The fourth-order valence-corrected chi connectivity index (χ4v) is 2.41. The predicted molar refractivity (Wildman–Crippen MR) is 69.3 cm³/mol. The summed E-state index contributed by atoms with van der Waals surface area (Å²) in [5, 5.41) is 4.40. The first kappa shape index (κ1) is 11.2. The molecule has 3 nitrogen and oxygen atoms in total. The molecule has 0 aliphatic heterocycles. The van der Waals surface area contributed by atoms with Gasteiger partial charge in [-0.15, -0.1) is 0 Å². The van der Waals surface area contributed by atoms with E-state index >= 15 is 0 Å². The van der Waals surface area contributed by atoms with Gasteiger partial charge in [0.1, 0.15) is 5.82 Å². The minimum absolute atomic E-state index is 0.129. The van der Waals surface area contributed by atoms with Gasteiger partial charge in [0.2, 0.25) is 0 Å². The first-order chi connectivity index (χ1) is 7.59. The summed E-state index contributed by atoms with van der Waals surface area (Å²) in [4.78, 5) is 0. The maximum Gasteiger partial charge on any atom is 0.122 e. The molecule has 0 spiro atoms. The van der Waals surface area contributed by atoms with E-state index < -0.39 is 0 Å². The molecule has 1 aromatic carbocycles. The third-order valence-corrected chi connectivity index (χ3v) is 3.33. The fraction of sp³-hybridized carbons (Fsp3) is 0.250. The van der Waals surface area contributed by atoms with E-state index in [0.717, 1.165) is 10.2 Å². The van der Waals surface area contributed by atoms with Crippen molar-refractivity contribution in [3.05, 3.63) is 46.1 Å². The third-order valence-electron chi connectivity index (χ3n) is 2.61. The van der Waals surface area contributed by atoms with Crippen LogP contribution in [0, 0.1) is 6.92 Å². The fourth-order valence-electron chi connectivity index (χ4n) is 1.79. The van der Waals surface area contributed by atoms with Gasteiger partial charge in [0.15, 0.2) is 0 Å². The number of nitrogens with zero attached hydrogens (tertiary/aromatic N) is 2. The third kappa shape index (κ3) is 1.97. The zero-order chi connectivity index (χ0) is 11.7. The van der Waals surface area contributed by atoms with Crippen LogP contribution in [0.5, 0.6) is 0 Å². The van der Waals surface area contributed by atoms with E-state index in [4.69, 9.17) is 5.73 Å². The number of rotatable bonds is 2. The van der Waals surface area contributed by atoms with Crippen LogP contribution in [-0.2, 0) is 0 Å². The van der Waals surface area contributed by atoms with Gasteiger partial charge in [0.05, 0.1) is 11.7 Å². The van der Waals surface area contributed by atoms with Crippen molar-refractivity contribution < 1.29 is 0 Å². The molecule has 0 saturated carbocycles. The van der Waals surface area contributed by atoms with Crippen molar-refractivity contribution in [1.82, 2.24) is 9.78 Å². The number of benzene rings is 1. The average molecular weight is 280 g/mol. The second kappa shape index (κ2) is 4.29. The SMILES string of the molecule is Cc1cc(N)n(C(C)c2ccccc2Br)n1. The summed E-state index contributed by atoms with van der Waals surface area (Å²) in [6, 6.07) is 10.1. The summed E-state index contributed by atoms with van der Waals surface area (Å²) in [6.45, 7) is 4.03. The van der Waals surface area contributed by atoms with Gasteiger partial charge in [-0.1, -0.05) is 34.1 Å². The van der Waals surface area contributed by atoms with Crippen LogP contribution in [0.1, 0.15) is 24.2 Å². The Kier molecular flexibility index (Phi) is 3.01. The lowest BCUT2D eigenvalue weighted by molar-refractivity contribution is 0.567. The average Bonchev–Trinajstić information content (AvgIpc) is 2.58. The summed E-state index contributed by atoms with van der Waals surface area (Å²) in [5.74, 6) is 0.695. The van der Waals surface area contributed by atoms with E-state index in [1.807, 2.05) is 35.9 Å². The molecular formula is C12H14BrN3. The maximum atomic E-state index is 5.91. The largest absolute Gasteiger partial charge is 0.384 e. The number of aromatic nitrogens is 2. The van der Waals surface area contributed by atoms with Crippen molar-refractivity contribution in [1.29, 1.82) is 0 Å². The molecule has 0 aliphatic carbocycles. The lowest BCUT2D eigenvalue weighted by Gasteiger charge is -2.15. The van der Waals surface area contributed by atoms with Crippen molar-refractivity contribution >= 4 is 21.7 Å². The van der Waals surface area contributed by atoms with E-state index in [-0.39, 0.29) is 6.04 Å². The Morgan fingerprint density at radius 3 is 2.62 bits per heavy atom. The molecule has 16 heavy (non-hydrogen) atoms. The molecule has 4 heteroatoms. The quantitative estimate of drug-likeness (QED) is 0.918. The molecule has 0 aliphatic rings. The molecule has 1 atom stereocenters. The van der Waals surface area contributed by atoms with Crippen LogP contribution in [0.3, 0.4) is 0 Å². The molecule has 0 radical (unpaired) electrons. The molecule has 2 aromatic rings. The number of nitrogen functional groups attached to an aromatic ring is 1. The van der Waals surface area contributed by atoms with Crippen LogP contribution < -0.4 is 5.73 Å². The lowest BCUT2D eigenvalue weighted by Crippen LogP contribution is -2.11. The molecule has 0 fully saturated rings. The maximum absolute atomic E-state index is 5.91. The van der Waals surface area contributed by atoms with Gasteiger partial charge >= 0.3 is 0 Å². The minimum atomic E-state index is 0.129. The smallest absolute Gasteiger partial charge is 0.122 e. The number of halogens is 1. The second-order valence-electron chi connectivity index (χ2n) is 3.85. The summed E-state index contributed by atoms with van der Waals surface area (Å²) < 4.78 is 2.92. The Morgan fingerprint density at radius 2 is 2.06 bits per heavy atom. The Labute approximate surface area is 103 Å². The van der Waals surface area contributed by atoms with E-state index in [9.17, 15) is 0 Å². The van der Waals surface area contributed by atoms with Gasteiger partial charge in [0, 0.05) is 10.5 Å². The molecule has 0 bridgehead atoms. The van der Waals surface area contributed by atoms with Crippen molar-refractivity contribution in [2.45, 2.75) is 19.9 Å². The molecular weight excluding hydrogens is 266 g/mol. The Hall–Kier alpha value is -1.29. The zero-order valence-electron chi connectivity index (χ0n) is 9.31. The molecule has 1 aromatic heterocycles. The minimum Gasteiger partial charge on any atom is -0.384 e. The highest BCUT2D eigenvalue weighted by Crippen LogP contribution is 2.27. The highest BCUT2D eigenvalue weighted by Gasteiger charge is 2.14. The molecule has 2 rings (SSSR count). The predicted octanol–water partition coefficient (Wildman–Crippen LogP) is 3.15. The summed E-state index contributed by atoms with van der Waals surface area (Å²) >= 11 is 3.54. The second-order valence-corrected chi connectivity index (χ2v) is 4.71. The number of aryl methyl sites for hydroxylation is 1. The first-order valence-electron chi connectivity index (χ1n) is 5.15. The Balaban J connectivity index is 2.43. The number of nitrogens with two attached hydrogens (primary N) is 1. The Bertz CT molecular complexity index is 505. The number of anilines is 1. The monoisotopic (exact) mass is 279 g/mol. The molecule has 0 amide bonds. The topological polar surface area (TPSA) is 43.8 Å². The van der Waals surface area contributed by atoms with Gasteiger partial charge < -0.3 is 5.73 Å². The van der Waals surface area contributed by atoms with Crippen molar-refractivity contribution in [2.75, 3.05) is 5.73 Å². The van der Waals surface area contributed by atoms with E-state index in [0.29, 0.717) is 5.82 Å². The van der Waals surface area contributed by atoms with Gasteiger partial charge in [0.25, 0.3) is 0 Å². The van der Waals surface area contributed by atoms with Gasteiger partial charge in [-0.2, -0.15) is 5.10 Å². The summed E-state index contributed by atoms with van der Waals surface area (Å²) in [7, 11) is 0. The van der Waals surface area contributed by atoms with Crippen molar-refractivity contribution in [3.63, 3.8) is 0 Å². The van der Waals surface area contributed by atoms with Crippen LogP contribution in [0.25, 0.3) is 0 Å². The molecule has 1 heterocycles.